The van der Waals surface area contributed by atoms with E-state index >= 15 is 4.39 Å². The Balaban J connectivity index is 1.88. The Kier molecular flexibility index (Phi) is 12.9. The van der Waals surface area contributed by atoms with Crippen molar-refractivity contribution in [3.8, 4) is 17.2 Å². The minimum absolute atomic E-state index is 0.0779. The van der Waals surface area contributed by atoms with Crippen LogP contribution in [0.1, 0.15) is 56.8 Å². The SMILES string of the molecule is C=CC(=O)OCC(C)(C)C(=O)C(=O)N1CCCC[C@H]1C(=O)OC(CCc1ccc(OC)c(OC)c1F)c1cccc(OCC(=O)O)c1. The van der Waals surface area contributed by atoms with Crippen molar-refractivity contribution in [2.75, 3.05) is 34.0 Å². The van der Waals surface area contributed by atoms with Gasteiger partial charge in [0.1, 0.15) is 24.5 Å². The van der Waals surface area contributed by atoms with Crippen molar-refractivity contribution in [2.45, 2.75) is 58.1 Å². The molecule has 1 amide bonds. The lowest BCUT2D eigenvalue weighted by atomic mass is 9.87. The Labute approximate surface area is 272 Å². The maximum atomic E-state index is 15.3. The average Bonchev–Trinajstić information content (AvgIpc) is 3.07. The molecule has 47 heavy (non-hydrogen) atoms. The predicted molar refractivity (Wildman–Crippen MR) is 166 cm³/mol. The third-order valence-electron chi connectivity index (χ3n) is 7.68. The molecule has 13 heteroatoms. The summed E-state index contributed by atoms with van der Waals surface area (Å²) >= 11 is 0. The second kappa shape index (κ2) is 16.6. The fourth-order valence-electron chi connectivity index (χ4n) is 5.09. The van der Waals surface area contributed by atoms with Crippen molar-refractivity contribution >= 4 is 29.6 Å². The van der Waals surface area contributed by atoms with Crippen LogP contribution in [-0.2, 0) is 39.9 Å². The largest absolute Gasteiger partial charge is 0.493 e. The summed E-state index contributed by atoms with van der Waals surface area (Å²) in [7, 11) is 2.70. The van der Waals surface area contributed by atoms with Crippen molar-refractivity contribution in [3.63, 3.8) is 0 Å². The number of esters is 2. The number of hydrogen-bond donors (Lipinski definition) is 1. The summed E-state index contributed by atoms with van der Waals surface area (Å²) in [5.74, 6) is -4.73. The molecule has 2 aromatic rings. The third kappa shape index (κ3) is 9.53. The Morgan fingerprint density at radius 1 is 1.11 bits per heavy atom. The number of ether oxygens (including phenoxy) is 5. The van der Waals surface area contributed by atoms with E-state index in [0.717, 1.165) is 6.08 Å². The molecule has 2 atom stereocenters. The summed E-state index contributed by atoms with van der Waals surface area (Å²) in [6.45, 7) is 5.41. The predicted octanol–water partition coefficient (Wildman–Crippen LogP) is 4.23. The number of carboxylic acid groups (broad SMARTS) is 1. The van der Waals surface area contributed by atoms with Crippen LogP contribution in [0.2, 0.25) is 0 Å². The van der Waals surface area contributed by atoms with Gasteiger partial charge in [0.05, 0.1) is 19.6 Å². The van der Waals surface area contributed by atoms with E-state index in [9.17, 15) is 24.0 Å². The first-order valence-electron chi connectivity index (χ1n) is 15.0. The minimum atomic E-state index is -1.37. The van der Waals surface area contributed by atoms with Gasteiger partial charge in [-0.05, 0) is 75.3 Å². The van der Waals surface area contributed by atoms with Gasteiger partial charge in [0.2, 0.25) is 5.78 Å². The standard InChI is InChI=1S/C34H40FNO11/c1-6-28(39)46-20-34(2,3)31(40)32(41)36-17-8-7-12-24(36)33(42)47-25(22-10-9-11-23(18-22)45-19-27(37)38)15-13-21-14-16-26(43-4)30(44-5)29(21)35/h6,9-11,14,16,18,24-25H,1,7-8,12-13,15,17,19-20H2,2-5H3,(H,37,38)/t24-,25?/m0/s1. The number of carbonyl (C=O) groups is 5. The van der Waals surface area contributed by atoms with Gasteiger partial charge in [-0.25, -0.2) is 18.8 Å². The van der Waals surface area contributed by atoms with E-state index in [-0.39, 0.29) is 55.2 Å². The topological polar surface area (TPSA) is 155 Å². The summed E-state index contributed by atoms with van der Waals surface area (Å²) in [5, 5.41) is 9.03. The van der Waals surface area contributed by atoms with Crippen molar-refractivity contribution in [2.24, 2.45) is 5.41 Å². The van der Waals surface area contributed by atoms with Gasteiger partial charge < -0.3 is 33.7 Å². The fraction of sp³-hybridized carbons (Fsp3) is 0.441. The summed E-state index contributed by atoms with van der Waals surface area (Å²) in [6.07, 6.45) is 1.53. The molecule has 1 aliphatic rings. The normalized spacial score (nSPS) is 15.2. The van der Waals surface area contributed by atoms with E-state index in [2.05, 4.69) is 6.58 Å². The van der Waals surface area contributed by atoms with Gasteiger partial charge in [-0.2, -0.15) is 0 Å². The summed E-state index contributed by atoms with van der Waals surface area (Å²) in [5.41, 5.74) is -0.664. The van der Waals surface area contributed by atoms with Crippen molar-refractivity contribution in [1.82, 2.24) is 4.90 Å². The monoisotopic (exact) mass is 657 g/mol. The number of amides is 1. The van der Waals surface area contributed by atoms with E-state index in [1.165, 1.54) is 45.1 Å². The number of piperidine rings is 1. The molecule has 0 spiro atoms. The Morgan fingerprint density at radius 2 is 1.85 bits per heavy atom. The second-order valence-electron chi connectivity index (χ2n) is 11.5. The van der Waals surface area contributed by atoms with E-state index < -0.39 is 59.6 Å². The Morgan fingerprint density at radius 3 is 2.51 bits per heavy atom. The highest BCUT2D eigenvalue weighted by Gasteiger charge is 2.42. The van der Waals surface area contributed by atoms with Crippen LogP contribution in [0.25, 0.3) is 0 Å². The van der Waals surface area contributed by atoms with Crippen LogP contribution in [0.3, 0.4) is 0 Å². The molecule has 2 aromatic carbocycles. The van der Waals surface area contributed by atoms with Crippen LogP contribution < -0.4 is 14.2 Å². The lowest BCUT2D eigenvalue weighted by Gasteiger charge is -2.36. The zero-order chi connectivity index (χ0) is 34.7. The van der Waals surface area contributed by atoms with E-state index in [1.807, 2.05) is 0 Å². The molecule has 0 saturated carbocycles. The van der Waals surface area contributed by atoms with Gasteiger partial charge in [0.15, 0.2) is 23.9 Å². The van der Waals surface area contributed by atoms with Gasteiger partial charge >= 0.3 is 17.9 Å². The van der Waals surface area contributed by atoms with E-state index in [4.69, 9.17) is 28.8 Å². The quantitative estimate of drug-likeness (QED) is 0.157. The molecule has 1 N–H and O–H groups in total. The first kappa shape index (κ1) is 36.5. The minimum Gasteiger partial charge on any atom is -0.493 e. The number of benzene rings is 2. The number of likely N-dealkylation sites (tertiary alicyclic amines) is 1. The number of carboxylic acids is 1. The average molecular weight is 658 g/mol. The number of rotatable bonds is 16. The number of nitrogens with zero attached hydrogens (tertiary/aromatic N) is 1. The van der Waals surface area contributed by atoms with Gasteiger partial charge in [-0.3, -0.25) is 9.59 Å². The fourth-order valence-corrected chi connectivity index (χ4v) is 5.09. The van der Waals surface area contributed by atoms with Crippen molar-refractivity contribution in [1.29, 1.82) is 0 Å². The van der Waals surface area contributed by atoms with Crippen LogP contribution in [0.5, 0.6) is 17.2 Å². The molecule has 0 aromatic heterocycles. The number of carbonyl (C=O) groups excluding carboxylic acids is 4. The summed E-state index contributed by atoms with van der Waals surface area (Å²) in [4.78, 5) is 64.2. The van der Waals surface area contributed by atoms with E-state index in [1.54, 1.807) is 24.3 Å². The molecule has 1 unspecified atom stereocenters. The molecule has 0 aliphatic carbocycles. The number of aryl methyl sites for hydroxylation is 1. The highest BCUT2D eigenvalue weighted by atomic mass is 19.1. The summed E-state index contributed by atoms with van der Waals surface area (Å²) in [6, 6.07) is 8.31. The molecule has 3 rings (SSSR count). The lowest BCUT2D eigenvalue weighted by molar-refractivity contribution is -0.165. The number of halogens is 1. The van der Waals surface area contributed by atoms with Gasteiger partial charge in [-0.15, -0.1) is 0 Å². The number of methoxy groups -OCH3 is 2. The van der Waals surface area contributed by atoms with Gasteiger partial charge in [0, 0.05) is 12.6 Å². The molecule has 0 radical (unpaired) electrons. The Hall–Kier alpha value is -4.94. The van der Waals surface area contributed by atoms with Crippen molar-refractivity contribution in [3.05, 3.63) is 66.0 Å². The number of ketones is 1. The lowest BCUT2D eigenvalue weighted by Crippen LogP contribution is -2.53. The number of aliphatic carboxylic acids is 1. The molecule has 1 heterocycles. The summed E-state index contributed by atoms with van der Waals surface area (Å²) < 4.78 is 41.9. The number of Topliss-reactive ketones (excluding diaryl/α,β-unsaturated/α-hetero) is 1. The van der Waals surface area contributed by atoms with Crippen LogP contribution in [0.4, 0.5) is 4.39 Å². The molecular weight excluding hydrogens is 617 g/mol. The molecule has 12 nitrogen and oxygen atoms in total. The maximum absolute atomic E-state index is 15.3. The maximum Gasteiger partial charge on any atom is 0.341 e. The molecule has 0 bridgehead atoms. The zero-order valence-electron chi connectivity index (χ0n) is 26.9. The molecular formula is C34H40FNO11. The first-order chi connectivity index (χ1) is 22.3. The second-order valence-corrected chi connectivity index (χ2v) is 11.5. The highest BCUT2D eigenvalue weighted by molar-refractivity contribution is 6.38. The van der Waals surface area contributed by atoms with Crippen molar-refractivity contribution < 1.29 is 57.2 Å². The van der Waals surface area contributed by atoms with Crippen LogP contribution in [0.15, 0.2) is 49.1 Å². The highest BCUT2D eigenvalue weighted by Crippen LogP contribution is 2.35. The molecule has 1 saturated heterocycles. The molecule has 254 valence electrons. The zero-order valence-corrected chi connectivity index (χ0v) is 26.9. The first-order valence-corrected chi connectivity index (χ1v) is 15.0. The Bertz CT molecular complexity index is 1490. The van der Waals surface area contributed by atoms with Crippen LogP contribution in [0, 0.1) is 11.2 Å². The molecule has 1 aliphatic heterocycles. The van der Waals surface area contributed by atoms with Gasteiger partial charge in [0.25, 0.3) is 5.91 Å². The van der Waals surface area contributed by atoms with Crippen LogP contribution in [-0.4, -0.2) is 79.6 Å². The molecule has 1 fully saturated rings. The van der Waals surface area contributed by atoms with Crippen LogP contribution >= 0.6 is 0 Å². The smallest absolute Gasteiger partial charge is 0.341 e. The van der Waals surface area contributed by atoms with Gasteiger partial charge in [-0.1, -0.05) is 24.8 Å². The third-order valence-corrected chi connectivity index (χ3v) is 7.68. The van der Waals surface area contributed by atoms with E-state index in [0.29, 0.717) is 18.4 Å². The number of hydrogen-bond acceptors (Lipinski definition) is 10.